The first kappa shape index (κ1) is 8.20. The highest BCUT2D eigenvalue weighted by molar-refractivity contribution is 8.29. The molecule has 3 heteroatoms. The molecule has 64 valence electrons. The van der Waals surface area contributed by atoms with Crippen molar-refractivity contribution in [1.82, 2.24) is 0 Å². The van der Waals surface area contributed by atoms with Gasteiger partial charge >= 0.3 is 0 Å². The van der Waals surface area contributed by atoms with E-state index in [0.717, 1.165) is 12.4 Å². The second kappa shape index (κ2) is 3.15. The van der Waals surface area contributed by atoms with Crippen LogP contribution in [0.4, 0.5) is 5.69 Å². The van der Waals surface area contributed by atoms with Gasteiger partial charge in [-0.2, -0.15) is 0 Å². The second-order valence-electron chi connectivity index (χ2n) is 2.80. The Morgan fingerprint density at radius 3 is 3.00 bits per heavy atom. The molecule has 12 heavy (non-hydrogen) atoms. The topological polar surface area (TPSA) is 3.24 Å². The van der Waals surface area contributed by atoms with Crippen LogP contribution in [-0.4, -0.2) is 12.4 Å². The molecule has 1 aliphatic rings. The lowest BCUT2D eigenvalue weighted by molar-refractivity contribution is 0.951. The molecule has 0 radical (unpaired) electrons. The maximum absolute atomic E-state index is 5.39. The van der Waals surface area contributed by atoms with E-state index in [1.54, 1.807) is 0 Å². The van der Waals surface area contributed by atoms with Crippen LogP contribution in [0.15, 0.2) is 29.2 Å². The highest BCUT2D eigenvalue weighted by Crippen LogP contribution is 2.30. The van der Waals surface area contributed by atoms with Gasteiger partial charge in [-0.25, -0.2) is 0 Å². The van der Waals surface area contributed by atoms with Gasteiger partial charge in [0, 0.05) is 11.4 Å². The minimum Gasteiger partial charge on any atom is -0.361 e. The van der Waals surface area contributed by atoms with Gasteiger partial charge in [-0.05, 0) is 30.2 Å². The lowest BCUT2D eigenvalue weighted by Crippen LogP contribution is -2.19. The van der Waals surface area contributed by atoms with E-state index in [2.05, 4.69) is 36.1 Å². The van der Waals surface area contributed by atoms with Gasteiger partial charge in [0.1, 0.15) is 0 Å². The molecule has 1 nitrogen and oxygen atoms in total. The summed E-state index contributed by atoms with van der Waals surface area (Å²) < 4.78 is 0. The molecule has 0 amide bonds. The molecule has 1 aliphatic heterocycles. The van der Waals surface area contributed by atoms with Gasteiger partial charge in [0.15, 0.2) is 0 Å². The summed E-state index contributed by atoms with van der Waals surface area (Å²) in [5, 5.41) is 0. The molecule has 1 aromatic rings. The number of hydrogen-bond donors (Lipinski definition) is 0. The third-order valence-corrected chi connectivity index (χ3v) is 4.34. The van der Waals surface area contributed by atoms with Crippen LogP contribution >= 0.6 is 0 Å². The number of benzene rings is 1. The summed E-state index contributed by atoms with van der Waals surface area (Å²) >= 11 is 5.39. The van der Waals surface area contributed by atoms with Crippen LogP contribution in [0.1, 0.15) is 6.92 Å². The zero-order valence-electron chi connectivity index (χ0n) is 6.99. The van der Waals surface area contributed by atoms with Gasteiger partial charge in [-0.3, -0.25) is 0 Å². The molecule has 1 heterocycles. The summed E-state index contributed by atoms with van der Waals surface area (Å²) in [4.78, 5) is 3.71. The first-order valence-electron chi connectivity index (χ1n) is 4.05. The van der Waals surface area contributed by atoms with Crippen molar-refractivity contribution in [2.24, 2.45) is 0 Å². The Morgan fingerprint density at radius 1 is 1.50 bits per heavy atom. The summed E-state index contributed by atoms with van der Waals surface area (Å²) in [5.74, 6) is 1.03. The number of fused-ring (bicyclic) bond motifs is 1. The standard InChI is InChI=1S/C9H11NS2/c1-2-10-7-12(11)9-6-4-3-5-8(9)10/h3-6H,2,7H2,1H3. The Hall–Kier alpha value is -0.410. The van der Waals surface area contributed by atoms with E-state index in [-0.39, 0.29) is 9.45 Å². The summed E-state index contributed by atoms with van der Waals surface area (Å²) in [6, 6.07) is 8.48. The van der Waals surface area contributed by atoms with Crippen LogP contribution in [-0.2, 0) is 20.6 Å². The molecule has 0 N–H and O–H groups in total. The Morgan fingerprint density at radius 2 is 2.25 bits per heavy atom. The third kappa shape index (κ3) is 1.17. The average molecular weight is 197 g/mol. The van der Waals surface area contributed by atoms with E-state index in [1.807, 2.05) is 0 Å². The van der Waals surface area contributed by atoms with Gasteiger partial charge in [0.05, 0.1) is 11.6 Å². The van der Waals surface area contributed by atoms with E-state index in [0.29, 0.717) is 0 Å². The van der Waals surface area contributed by atoms with Crippen molar-refractivity contribution in [3.8, 4) is 0 Å². The fourth-order valence-electron chi connectivity index (χ4n) is 1.45. The van der Waals surface area contributed by atoms with Crippen molar-refractivity contribution in [2.75, 3.05) is 17.3 Å². The molecular formula is C9H11NS2. The molecule has 0 bridgehead atoms. The Labute approximate surface area is 80.0 Å². The van der Waals surface area contributed by atoms with Gasteiger partial charge in [0.2, 0.25) is 0 Å². The number of rotatable bonds is 1. The van der Waals surface area contributed by atoms with E-state index < -0.39 is 0 Å². The Bertz CT molecular complexity index is 322. The van der Waals surface area contributed by atoms with Crippen LogP contribution in [0.25, 0.3) is 0 Å². The highest BCUT2D eigenvalue weighted by Gasteiger charge is 2.19. The zero-order valence-corrected chi connectivity index (χ0v) is 8.62. The van der Waals surface area contributed by atoms with E-state index >= 15 is 0 Å². The fourth-order valence-corrected chi connectivity index (χ4v) is 3.66. The number of nitrogens with zero attached hydrogens (tertiary/aromatic N) is 1. The lowest BCUT2D eigenvalue weighted by atomic mass is 10.3. The average Bonchev–Trinajstić information content (AvgIpc) is 2.44. The molecular weight excluding hydrogens is 186 g/mol. The van der Waals surface area contributed by atoms with Gasteiger partial charge in [-0.15, -0.1) is 0 Å². The van der Waals surface area contributed by atoms with E-state index in [9.17, 15) is 0 Å². The van der Waals surface area contributed by atoms with Crippen LogP contribution in [0.2, 0.25) is 0 Å². The van der Waals surface area contributed by atoms with Crippen molar-refractivity contribution >= 4 is 26.3 Å². The molecule has 0 spiro atoms. The van der Waals surface area contributed by atoms with Crippen molar-refractivity contribution in [1.29, 1.82) is 0 Å². The van der Waals surface area contributed by atoms with Crippen LogP contribution in [0, 0.1) is 0 Å². The van der Waals surface area contributed by atoms with Crippen LogP contribution in [0.5, 0.6) is 0 Å². The first-order chi connectivity index (χ1) is 5.83. The molecule has 0 saturated carbocycles. The summed E-state index contributed by atoms with van der Waals surface area (Å²) in [6.07, 6.45) is 0. The Kier molecular flexibility index (Phi) is 2.15. The normalized spacial score (nSPS) is 21.1. The summed E-state index contributed by atoms with van der Waals surface area (Å²) in [6.45, 7) is 3.24. The van der Waals surface area contributed by atoms with Gasteiger partial charge in [-0.1, -0.05) is 21.6 Å². The molecule has 0 fully saturated rings. The minimum absolute atomic E-state index is 0.0315. The fraction of sp³-hybridized carbons (Fsp3) is 0.333. The quantitative estimate of drug-likeness (QED) is 0.677. The number of para-hydroxylation sites is 1. The largest absolute Gasteiger partial charge is 0.361 e. The van der Waals surface area contributed by atoms with Crippen molar-refractivity contribution in [3.63, 3.8) is 0 Å². The van der Waals surface area contributed by atoms with Crippen LogP contribution < -0.4 is 4.90 Å². The first-order valence-corrected chi connectivity index (χ1v) is 6.37. The minimum atomic E-state index is 0.0315. The third-order valence-electron chi connectivity index (χ3n) is 2.11. The molecule has 1 aromatic carbocycles. The maximum Gasteiger partial charge on any atom is 0.0729 e. The van der Waals surface area contributed by atoms with Crippen molar-refractivity contribution < 1.29 is 0 Å². The molecule has 0 saturated heterocycles. The monoisotopic (exact) mass is 197 g/mol. The van der Waals surface area contributed by atoms with Crippen molar-refractivity contribution in [2.45, 2.75) is 11.8 Å². The van der Waals surface area contributed by atoms with E-state index in [4.69, 9.17) is 11.2 Å². The SMILES string of the molecule is CCN1CS(=S)c2ccccc21. The van der Waals surface area contributed by atoms with E-state index in [1.165, 1.54) is 10.6 Å². The van der Waals surface area contributed by atoms with Gasteiger partial charge < -0.3 is 4.90 Å². The Balaban J connectivity index is 2.50. The molecule has 2 rings (SSSR count). The molecule has 0 aliphatic carbocycles. The number of anilines is 1. The molecule has 1 atom stereocenters. The lowest BCUT2D eigenvalue weighted by Gasteiger charge is -2.14. The van der Waals surface area contributed by atoms with Crippen molar-refractivity contribution in [3.05, 3.63) is 24.3 Å². The molecule has 1 unspecified atom stereocenters. The highest BCUT2D eigenvalue weighted by atomic mass is 32.8. The summed E-state index contributed by atoms with van der Waals surface area (Å²) in [5.41, 5.74) is 1.35. The van der Waals surface area contributed by atoms with Crippen LogP contribution in [0.3, 0.4) is 0 Å². The second-order valence-corrected chi connectivity index (χ2v) is 5.39. The number of hydrogen-bond acceptors (Lipinski definition) is 2. The summed E-state index contributed by atoms with van der Waals surface area (Å²) in [7, 11) is 0.0315. The molecule has 0 aromatic heterocycles. The smallest absolute Gasteiger partial charge is 0.0729 e. The zero-order chi connectivity index (χ0) is 8.55. The van der Waals surface area contributed by atoms with Gasteiger partial charge in [0.25, 0.3) is 0 Å². The predicted molar refractivity (Wildman–Crippen MR) is 57.3 cm³/mol. The maximum atomic E-state index is 5.39. The predicted octanol–water partition coefficient (Wildman–Crippen LogP) is 1.92.